The van der Waals surface area contributed by atoms with Gasteiger partial charge < -0.3 is 25.3 Å². The average molecular weight is 384 g/mol. The monoisotopic (exact) mass is 384 g/mol. The lowest BCUT2D eigenvalue weighted by molar-refractivity contribution is 0.00701. The van der Waals surface area contributed by atoms with E-state index in [2.05, 4.69) is 25.6 Å². The molecule has 1 amide bonds. The Morgan fingerprint density at radius 3 is 2.68 bits per heavy atom. The Labute approximate surface area is 165 Å². The summed E-state index contributed by atoms with van der Waals surface area (Å²) in [5.74, 6) is 1.50. The van der Waals surface area contributed by atoms with Crippen molar-refractivity contribution in [2.75, 3.05) is 20.1 Å². The molecular weight excluding hydrogens is 356 g/mol. The molecule has 0 atom stereocenters. The summed E-state index contributed by atoms with van der Waals surface area (Å²) in [5, 5.41) is 6.55. The van der Waals surface area contributed by atoms with Crippen molar-refractivity contribution in [3.8, 4) is 11.3 Å². The van der Waals surface area contributed by atoms with Gasteiger partial charge in [0.25, 0.3) is 0 Å². The highest BCUT2D eigenvalue weighted by Crippen LogP contribution is 2.16. The third kappa shape index (κ3) is 5.25. The first kappa shape index (κ1) is 19.7. The molecule has 3 N–H and O–H groups in total. The van der Waals surface area contributed by atoms with Gasteiger partial charge in [0.1, 0.15) is 11.4 Å². The zero-order valence-electron chi connectivity index (χ0n) is 16.8. The van der Waals surface area contributed by atoms with Crippen molar-refractivity contribution >= 4 is 12.1 Å². The number of aromatic nitrogens is 2. The number of nitrogens with zero attached hydrogens (tertiary/aromatic N) is 3. The molecule has 0 aliphatic carbocycles. The maximum atomic E-state index is 12.0. The topological polar surface area (TPSA) is 94.6 Å². The van der Waals surface area contributed by atoms with Crippen LogP contribution in [-0.4, -0.2) is 58.7 Å². The second kappa shape index (κ2) is 8.33. The number of H-pyrrole nitrogens is 1. The normalized spacial score (nSPS) is 15.1. The fraction of sp³-hybridized carbons (Fsp3) is 0.450. The number of nitrogens with one attached hydrogen (secondary N) is 3. The highest BCUT2D eigenvalue weighted by atomic mass is 16.6. The highest BCUT2D eigenvalue weighted by Gasteiger charge is 2.34. The van der Waals surface area contributed by atoms with Crippen molar-refractivity contribution in [1.29, 1.82) is 0 Å². The molecule has 150 valence electrons. The standard InChI is InChI=1S/C20H28N6O2/c1-20(2,3)28-19(27)26-12-15(13-26)24-18(21-4)23-11-17-22-10-16(25-17)14-8-6-5-7-9-14/h5-10,15H,11-13H2,1-4H3,(H,22,25)(H2,21,23,24). The predicted molar refractivity (Wildman–Crippen MR) is 109 cm³/mol. The molecule has 8 nitrogen and oxygen atoms in total. The molecular formula is C20H28N6O2. The van der Waals surface area contributed by atoms with E-state index in [1.807, 2.05) is 57.3 Å². The van der Waals surface area contributed by atoms with Crippen LogP contribution in [0.25, 0.3) is 11.3 Å². The Bertz CT molecular complexity index is 819. The second-order valence-corrected chi connectivity index (χ2v) is 7.76. The largest absolute Gasteiger partial charge is 0.444 e. The number of guanidine groups is 1. The summed E-state index contributed by atoms with van der Waals surface area (Å²) in [6.45, 7) is 7.30. The quantitative estimate of drug-likeness (QED) is 0.556. The van der Waals surface area contributed by atoms with Gasteiger partial charge in [-0.25, -0.2) is 9.78 Å². The molecule has 1 saturated heterocycles. The van der Waals surface area contributed by atoms with E-state index in [0.717, 1.165) is 17.1 Å². The maximum Gasteiger partial charge on any atom is 0.410 e. The molecule has 0 radical (unpaired) electrons. The molecule has 28 heavy (non-hydrogen) atoms. The lowest BCUT2D eigenvalue weighted by Crippen LogP contribution is -2.63. The van der Waals surface area contributed by atoms with Gasteiger partial charge in [0, 0.05) is 20.1 Å². The Hall–Kier alpha value is -3.03. The van der Waals surface area contributed by atoms with E-state index in [4.69, 9.17) is 4.74 Å². The first-order valence-corrected chi connectivity index (χ1v) is 9.38. The van der Waals surface area contributed by atoms with Crippen molar-refractivity contribution in [1.82, 2.24) is 25.5 Å². The van der Waals surface area contributed by atoms with Crippen LogP contribution in [-0.2, 0) is 11.3 Å². The molecule has 2 heterocycles. The minimum atomic E-state index is -0.477. The van der Waals surface area contributed by atoms with Crippen LogP contribution < -0.4 is 10.6 Å². The van der Waals surface area contributed by atoms with Crippen LogP contribution in [0.2, 0.25) is 0 Å². The summed E-state index contributed by atoms with van der Waals surface area (Å²) < 4.78 is 5.37. The first-order valence-electron chi connectivity index (χ1n) is 9.38. The van der Waals surface area contributed by atoms with Gasteiger partial charge in [0.2, 0.25) is 0 Å². The molecule has 0 bridgehead atoms. The van der Waals surface area contributed by atoms with Crippen molar-refractivity contribution in [2.45, 2.75) is 39.0 Å². The molecule has 1 aliphatic rings. The van der Waals surface area contributed by atoms with Gasteiger partial charge in [0.05, 0.1) is 24.5 Å². The van der Waals surface area contributed by atoms with E-state index < -0.39 is 5.60 Å². The van der Waals surface area contributed by atoms with Crippen molar-refractivity contribution in [3.63, 3.8) is 0 Å². The molecule has 1 aromatic heterocycles. The van der Waals surface area contributed by atoms with Crippen LogP contribution in [0.3, 0.4) is 0 Å². The predicted octanol–water partition coefficient (Wildman–Crippen LogP) is 2.36. The molecule has 0 saturated carbocycles. The summed E-state index contributed by atoms with van der Waals surface area (Å²) in [6.07, 6.45) is 1.55. The van der Waals surface area contributed by atoms with Crippen LogP contribution in [0.15, 0.2) is 41.5 Å². The number of carbonyl (C=O) groups is 1. The molecule has 8 heteroatoms. The number of aliphatic imine (C=N–C) groups is 1. The fourth-order valence-electron chi connectivity index (χ4n) is 2.82. The van der Waals surface area contributed by atoms with Crippen LogP contribution in [0.5, 0.6) is 0 Å². The van der Waals surface area contributed by atoms with Gasteiger partial charge >= 0.3 is 6.09 Å². The number of carbonyl (C=O) groups excluding carboxylic acids is 1. The molecule has 0 unspecified atom stereocenters. The SMILES string of the molecule is CN=C(NCc1ncc(-c2ccccc2)[nH]1)NC1CN(C(=O)OC(C)(C)C)C1. The van der Waals surface area contributed by atoms with E-state index in [1.54, 1.807) is 11.9 Å². The third-order valence-corrected chi connectivity index (χ3v) is 4.23. The summed E-state index contributed by atoms with van der Waals surface area (Å²) in [6, 6.07) is 10.2. The molecule has 0 spiro atoms. The highest BCUT2D eigenvalue weighted by molar-refractivity contribution is 5.80. The molecule has 1 fully saturated rings. The van der Waals surface area contributed by atoms with Crippen LogP contribution in [0.1, 0.15) is 26.6 Å². The number of benzene rings is 1. The van der Waals surface area contributed by atoms with Gasteiger partial charge in [-0.2, -0.15) is 0 Å². The fourth-order valence-corrected chi connectivity index (χ4v) is 2.82. The third-order valence-electron chi connectivity index (χ3n) is 4.23. The van der Waals surface area contributed by atoms with E-state index in [9.17, 15) is 4.79 Å². The number of ether oxygens (including phenoxy) is 1. The van der Waals surface area contributed by atoms with Gasteiger partial charge in [0.15, 0.2) is 5.96 Å². The number of rotatable bonds is 4. The zero-order chi connectivity index (χ0) is 20.1. The van der Waals surface area contributed by atoms with Crippen LogP contribution >= 0.6 is 0 Å². The number of hydrogen-bond acceptors (Lipinski definition) is 4. The zero-order valence-corrected chi connectivity index (χ0v) is 16.8. The van der Waals surface area contributed by atoms with Crippen LogP contribution in [0.4, 0.5) is 4.79 Å². The van der Waals surface area contributed by atoms with E-state index in [1.165, 1.54) is 0 Å². The van der Waals surface area contributed by atoms with E-state index >= 15 is 0 Å². The van der Waals surface area contributed by atoms with Gasteiger partial charge in [-0.15, -0.1) is 0 Å². The lowest BCUT2D eigenvalue weighted by Gasteiger charge is -2.40. The summed E-state index contributed by atoms with van der Waals surface area (Å²) >= 11 is 0. The number of amides is 1. The Morgan fingerprint density at radius 1 is 1.32 bits per heavy atom. The average Bonchev–Trinajstić information content (AvgIpc) is 3.08. The minimum absolute atomic E-state index is 0.148. The second-order valence-electron chi connectivity index (χ2n) is 7.76. The van der Waals surface area contributed by atoms with Crippen molar-refractivity contribution in [2.24, 2.45) is 4.99 Å². The van der Waals surface area contributed by atoms with E-state index in [-0.39, 0.29) is 12.1 Å². The Balaban J connectivity index is 1.44. The van der Waals surface area contributed by atoms with Gasteiger partial charge in [-0.1, -0.05) is 30.3 Å². The van der Waals surface area contributed by atoms with E-state index in [0.29, 0.717) is 25.6 Å². The number of hydrogen-bond donors (Lipinski definition) is 3. The number of likely N-dealkylation sites (tertiary alicyclic amines) is 1. The Morgan fingerprint density at radius 2 is 2.04 bits per heavy atom. The number of imidazole rings is 1. The minimum Gasteiger partial charge on any atom is -0.444 e. The molecule has 3 rings (SSSR count). The summed E-state index contributed by atoms with van der Waals surface area (Å²) in [5.41, 5.74) is 1.60. The number of aromatic amines is 1. The van der Waals surface area contributed by atoms with Gasteiger partial charge in [-0.3, -0.25) is 4.99 Å². The first-order chi connectivity index (χ1) is 13.3. The summed E-state index contributed by atoms with van der Waals surface area (Å²) in [4.78, 5) is 25.6. The van der Waals surface area contributed by atoms with Crippen LogP contribution in [0, 0.1) is 0 Å². The maximum absolute atomic E-state index is 12.0. The Kier molecular flexibility index (Phi) is 5.87. The summed E-state index contributed by atoms with van der Waals surface area (Å²) in [7, 11) is 1.72. The lowest BCUT2D eigenvalue weighted by atomic mass is 10.1. The smallest absolute Gasteiger partial charge is 0.410 e. The van der Waals surface area contributed by atoms with Crippen molar-refractivity contribution < 1.29 is 9.53 Å². The van der Waals surface area contributed by atoms with Crippen molar-refractivity contribution in [3.05, 3.63) is 42.4 Å². The molecule has 1 aliphatic heterocycles. The van der Waals surface area contributed by atoms with Gasteiger partial charge in [-0.05, 0) is 26.3 Å². The molecule has 1 aromatic carbocycles. The molecule has 2 aromatic rings.